The molecule has 0 bridgehead atoms. The molecule has 0 spiro atoms. The largest absolute Gasteiger partial charge is 0.280 e. The Bertz CT molecular complexity index is 861. The summed E-state index contributed by atoms with van der Waals surface area (Å²) in [4.78, 5) is 0.0745. The van der Waals surface area contributed by atoms with Crippen LogP contribution in [-0.4, -0.2) is 16.8 Å². The number of primary sulfonamides is 1. The topological polar surface area (TPSA) is 106 Å². The maximum Gasteiger partial charge on any atom is 0.261 e. The normalized spacial score (nSPS) is 12.1. The number of sulfonamides is 2. The molecule has 118 valence electrons. The summed E-state index contributed by atoms with van der Waals surface area (Å²) in [7, 11) is -7.35. The molecule has 0 unspecified atom stereocenters. The van der Waals surface area contributed by atoms with Crippen molar-refractivity contribution in [2.75, 3.05) is 4.72 Å². The lowest BCUT2D eigenvalue weighted by molar-refractivity contribution is 0.596. The van der Waals surface area contributed by atoms with Gasteiger partial charge < -0.3 is 0 Å². The van der Waals surface area contributed by atoms with Gasteiger partial charge in [-0.2, -0.15) is 0 Å². The van der Waals surface area contributed by atoms with E-state index in [-0.39, 0.29) is 10.6 Å². The van der Waals surface area contributed by atoms with Crippen LogP contribution in [0.25, 0.3) is 0 Å². The van der Waals surface area contributed by atoms with Crippen LogP contribution in [0.2, 0.25) is 5.02 Å². The molecule has 6 nitrogen and oxygen atoms in total. The van der Waals surface area contributed by atoms with Crippen molar-refractivity contribution < 1.29 is 16.8 Å². The highest BCUT2D eigenvalue weighted by atomic mass is 35.5. The van der Waals surface area contributed by atoms with Gasteiger partial charge in [0.25, 0.3) is 10.0 Å². The van der Waals surface area contributed by atoms with E-state index in [1.54, 1.807) is 0 Å². The Hall–Kier alpha value is -1.61. The van der Waals surface area contributed by atoms with Crippen molar-refractivity contribution in [2.24, 2.45) is 5.14 Å². The van der Waals surface area contributed by atoms with Gasteiger partial charge in [-0.25, -0.2) is 22.0 Å². The van der Waals surface area contributed by atoms with Gasteiger partial charge in [-0.05, 0) is 42.0 Å². The van der Waals surface area contributed by atoms with Crippen LogP contribution in [0.4, 0.5) is 5.69 Å². The first-order valence-electron chi connectivity index (χ1n) is 6.03. The minimum absolute atomic E-state index is 0.0745. The molecule has 9 heteroatoms. The Morgan fingerprint density at radius 1 is 0.909 bits per heavy atom. The van der Waals surface area contributed by atoms with Gasteiger partial charge in [0.05, 0.1) is 10.6 Å². The average Bonchev–Trinajstić information content (AvgIpc) is 2.39. The van der Waals surface area contributed by atoms with E-state index in [4.69, 9.17) is 16.7 Å². The molecule has 0 aliphatic rings. The first-order chi connectivity index (χ1) is 10.2. The van der Waals surface area contributed by atoms with Crippen LogP contribution in [-0.2, 0) is 25.8 Å². The zero-order chi connectivity index (χ0) is 16.4. The minimum atomic E-state index is -3.73. The Morgan fingerprint density at radius 3 is 1.95 bits per heavy atom. The van der Waals surface area contributed by atoms with Gasteiger partial charge in [0.1, 0.15) is 0 Å². The van der Waals surface area contributed by atoms with E-state index >= 15 is 0 Å². The fraction of sp³-hybridized carbons (Fsp3) is 0.0769. The molecule has 0 radical (unpaired) electrons. The van der Waals surface area contributed by atoms with Crippen LogP contribution >= 0.6 is 11.6 Å². The number of hydrogen-bond donors (Lipinski definition) is 2. The lowest BCUT2D eigenvalue weighted by atomic mass is 10.2. The molecule has 3 N–H and O–H groups in total. The molecule has 0 aliphatic carbocycles. The summed E-state index contributed by atoms with van der Waals surface area (Å²) in [5, 5.41) is 5.38. The second-order valence-electron chi connectivity index (χ2n) is 4.56. The fourth-order valence-corrected chi connectivity index (χ4v) is 3.57. The number of nitrogens with one attached hydrogen (secondary N) is 1. The summed E-state index contributed by atoms with van der Waals surface area (Å²) in [6.45, 7) is 0. The molecule has 0 saturated heterocycles. The molecule has 2 aromatic rings. The van der Waals surface area contributed by atoms with Gasteiger partial charge in [0.15, 0.2) is 0 Å². The number of benzene rings is 2. The highest BCUT2D eigenvalue weighted by Crippen LogP contribution is 2.19. The van der Waals surface area contributed by atoms with Crippen LogP contribution in [0.15, 0.2) is 53.4 Å². The van der Waals surface area contributed by atoms with Gasteiger partial charge in [0.2, 0.25) is 10.0 Å². The number of anilines is 1. The standard InChI is InChI=1S/C13H13ClN2O4S2/c14-11-3-7-13(8-4-11)22(19,20)16-12-5-1-10(2-6-12)9-21(15,17)18/h1-8,16H,9H2,(H2,15,17,18). The van der Waals surface area contributed by atoms with Crippen molar-refractivity contribution in [2.45, 2.75) is 10.6 Å². The highest BCUT2D eigenvalue weighted by Gasteiger charge is 2.14. The third-order valence-electron chi connectivity index (χ3n) is 2.70. The molecule has 0 aromatic heterocycles. The van der Waals surface area contributed by atoms with Crippen LogP contribution in [0.3, 0.4) is 0 Å². The number of rotatable bonds is 5. The molecule has 0 fully saturated rings. The van der Waals surface area contributed by atoms with E-state index < -0.39 is 20.0 Å². The lowest BCUT2D eigenvalue weighted by Gasteiger charge is -2.09. The summed E-state index contributed by atoms with van der Waals surface area (Å²) >= 11 is 5.72. The molecule has 0 saturated carbocycles. The monoisotopic (exact) mass is 360 g/mol. The summed E-state index contributed by atoms with van der Waals surface area (Å²) in [5.74, 6) is -0.308. The van der Waals surface area contributed by atoms with Gasteiger partial charge >= 0.3 is 0 Å². The summed E-state index contributed by atoms with van der Waals surface area (Å²) in [5.41, 5.74) is 0.782. The summed E-state index contributed by atoms with van der Waals surface area (Å²) in [6, 6.07) is 11.6. The molecule has 0 aliphatic heterocycles. The predicted octanol–water partition coefficient (Wildman–Crippen LogP) is 1.93. The summed E-state index contributed by atoms with van der Waals surface area (Å²) in [6.07, 6.45) is 0. The molecular weight excluding hydrogens is 348 g/mol. The molecule has 0 amide bonds. The third-order valence-corrected chi connectivity index (χ3v) is 5.08. The lowest BCUT2D eigenvalue weighted by Crippen LogP contribution is -2.15. The zero-order valence-electron chi connectivity index (χ0n) is 11.2. The van der Waals surface area contributed by atoms with E-state index in [1.165, 1.54) is 48.5 Å². The van der Waals surface area contributed by atoms with E-state index in [1.807, 2.05) is 0 Å². The van der Waals surface area contributed by atoms with Crippen LogP contribution in [0, 0.1) is 0 Å². The van der Waals surface area contributed by atoms with Crippen LogP contribution in [0.1, 0.15) is 5.56 Å². The first kappa shape index (κ1) is 16.8. The highest BCUT2D eigenvalue weighted by molar-refractivity contribution is 7.92. The van der Waals surface area contributed by atoms with Crippen molar-refractivity contribution in [1.29, 1.82) is 0 Å². The minimum Gasteiger partial charge on any atom is -0.280 e. The first-order valence-corrected chi connectivity index (χ1v) is 9.61. The quantitative estimate of drug-likeness (QED) is 0.849. The van der Waals surface area contributed by atoms with Crippen molar-refractivity contribution in [3.05, 3.63) is 59.1 Å². The zero-order valence-corrected chi connectivity index (χ0v) is 13.6. The molecule has 0 atom stereocenters. The Balaban J connectivity index is 2.18. The SMILES string of the molecule is NS(=O)(=O)Cc1ccc(NS(=O)(=O)c2ccc(Cl)cc2)cc1. The van der Waals surface area contributed by atoms with Gasteiger partial charge in [-0.3, -0.25) is 4.72 Å². The number of nitrogens with two attached hydrogens (primary N) is 1. The Labute approximate surface area is 134 Å². The maximum atomic E-state index is 12.2. The Morgan fingerprint density at radius 2 is 1.45 bits per heavy atom. The molecule has 2 rings (SSSR count). The smallest absolute Gasteiger partial charge is 0.261 e. The summed E-state index contributed by atoms with van der Waals surface area (Å²) < 4.78 is 48.7. The number of halogens is 1. The average molecular weight is 361 g/mol. The van der Waals surface area contributed by atoms with Crippen molar-refractivity contribution in [1.82, 2.24) is 0 Å². The van der Waals surface area contributed by atoms with E-state index in [2.05, 4.69) is 4.72 Å². The van der Waals surface area contributed by atoms with Crippen molar-refractivity contribution in [3.63, 3.8) is 0 Å². The number of hydrogen-bond acceptors (Lipinski definition) is 4. The van der Waals surface area contributed by atoms with E-state index in [0.717, 1.165) is 0 Å². The van der Waals surface area contributed by atoms with Crippen molar-refractivity contribution in [3.8, 4) is 0 Å². The third kappa shape index (κ3) is 4.70. The Kier molecular flexibility index (Phi) is 4.76. The maximum absolute atomic E-state index is 12.2. The predicted molar refractivity (Wildman–Crippen MR) is 85.5 cm³/mol. The molecular formula is C13H13ClN2O4S2. The fourth-order valence-electron chi connectivity index (χ4n) is 1.73. The van der Waals surface area contributed by atoms with Gasteiger partial charge in [0, 0.05) is 10.7 Å². The molecule has 0 heterocycles. The van der Waals surface area contributed by atoms with E-state index in [9.17, 15) is 16.8 Å². The second kappa shape index (κ2) is 6.25. The van der Waals surface area contributed by atoms with Crippen LogP contribution < -0.4 is 9.86 Å². The molecule has 22 heavy (non-hydrogen) atoms. The van der Waals surface area contributed by atoms with Crippen molar-refractivity contribution >= 4 is 37.3 Å². The van der Waals surface area contributed by atoms with Crippen LogP contribution in [0.5, 0.6) is 0 Å². The van der Waals surface area contributed by atoms with Gasteiger partial charge in [-0.15, -0.1) is 0 Å². The van der Waals surface area contributed by atoms with E-state index in [0.29, 0.717) is 16.3 Å². The second-order valence-corrected chi connectivity index (χ2v) is 8.30. The molecule has 2 aromatic carbocycles. The van der Waals surface area contributed by atoms with Gasteiger partial charge in [-0.1, -0.05) is 23.7 Å².